The number of ether oxygens (including phenoxy) is 3. The van der Waals surface area contributed by atoms with E-state index in [0.29, 0.717) is 13.0 Å². The predicted octanol–water partition coefficient (Wildman–Crippen LogP) is 1.51. The van der Waals surface area contributed by atoms with E-state index < -0.39 is 11.2 Å². The molecule has 6 atom stereocenters. The van der Waals surface area contributed by atoms with Gasteiger partial charge in [-0.15, -0.1) is 0 Å². The zero-order valence-corrected chi connectivity index (χ0v) is 14.7. The number of esters is 2. The van der Waals surface area contributed by atoms with E-state index >= 15 is 0 Å². The molecule has 0 radical (unpaired) electrons. The molecule has 0 amide bonds. The molecular weight excluding hydrogens is 310 g/mol. The number of fused-ring (bicyclic) bond motifs is 2. The van der Waals surface area contributed by atoms with Crippen LogP contribution in [0.1, 0.15) is 46.5 Å². The summed E-state index contributed by atoms with van der Waals surface area (Å²) in [5, 5.41) is 0. The normalized spacial score (nSPS) is 49.1. The minimum atomic E-state index is -0.985. The van der Waals surface area contributed by atoms with Gasteiger partial charge in [0.05, 0.1) is 24.7 Å². The van der Waals surface area contributed by atoms with Crippen molar-refractivity contribution in [2.24, 2.45) is 11.8 Å². The molecule has 0 spiro atoms. The molecule has 4 aliphatic rings. The zero-order valence-electron chi connectivity index (χ0n) is 14.7. The SMILES string of the molecule is CC1CC2(C)CC(=O)O[C@H]3CCN4CC[C@@H](COC(=O)C1(C)O2)[C@@H]34. The Balaban J connectivity index is 1.63. The van der Waals surface area contributed by atoms with Crippen LogP contribution in [0.15, 0.2) is 0 Å². The van der Waals surface area contributed by atoms with Crippen molar-refractivity contribution in [2.75, 3.05) is 19.7 Å². The van der Waals surface area contributed by atoms with E-state index in [9.17, 15) is 9.59 Å². The molecule has 2 bridgehead atoms. The second kappa shape index (κ2) is 5.43. The summed E-state index contributed by atoms with van der Waals surface area (Å²) in [7, 11) is 0. The lowest BCUT2D eigenvalue weighted by Gasteiger charge is -2.32. The van der Waals surface area contributed by atoms with Gasteiger partial charge in [-0.05, 0) is 45.6 Å². The van der Waals surface area contributed by atoms with Gasteiger partial charge in [0.25, 0.3) is 0 Å². The van der Waals surface area contributed by atoms with E-state index in [0.717, 1.165) is 25.9 Å². The van der Waals surface area contributed by atoms with Gasteiger partial charge < -0.3 is 14.2 Å². The van der Waals surface area contributed by atoms with Gasteiger partial charge in [0.15, 0.2) is 5.60 Å². The summed E-state index contributed by atoms with van der Waals surface area (Å²) in [6.45, 7) is 8.01. The number of carbonyl (C=O) groups is 2. The molecule has 24 heavy (non-hydrogen) atoms. The third kappa shape index (κ3) is 2.46. The maximum absolute atomic E-state index is 12.7. The molecule has 0 aromatic carbocycles. The minimum absolute atomic E-state index is 0.00290. The van der Waals surface area contributed by atoms with Crippen molar-refractivity contribution in [1.82, 2.24) is 4.90 Å². The Morgan fingerprint density at radius 2 is 1.92 bits per heavy atom. The van der Waals surface area contributed by atoms with Gasteiger partial charge >= 0.3 is 11.9 Å². The van der Waals surface area contributed by atoms with Crippen molar-refractivity contribution < 1.29 is 23.8 Å². The maximum Gasteiger partial charge on any atom is 0.338 e. The summed E-state index contributed by atoms with van der Waals surface area (Å²) >= 11 is 0. The summed E-state index contributed by atoms with van der Waals surface area (Å²) < 4.78 is 17.6. The van der Waals surface area contributed by atoms with Crippen molar-refractivity contribution in [3.8, 4) is 0 Å². The molecule has 0 aromatic rings. The number of rotatable bonds is 0. The standard InChI is InChI=1S/C18H27NO5/c1-11-8-17(2)9-14(20)23-13-5-7-19-6-4-12(15(13)19)10-22-16(21)18(11,3)24-17/h11-13,15H,4-10H2,1-3H3/t11?,12-,13-,15-,17?,18?/m0/s1. The van der Waals surface area contributed by atoms with Crippen LogP contribution in [0.4, 0.5) is 0 Å². The summed E-state index contributed by atoms with van der Waals surface area (Å²) in [6, 6.07) is 0.192. The third-order valence-corrected chi connectivity index (χ3v) is 6.55. The number of hydrogen-bond donors (Lipinski definition) is 0. The summed E-state index contributed by atoms with van der Waals surface area (Å²) in [5.74, 6) is -0.260. The minimum Gasteiger partial charge on any atom is -0.463 e. The second-order valence-electron chi connectivity index (χ2n) is 8.43. The van der Waals surface area contributed by atoms with Gasteiger partial charge in [0, 0.05) is 12.5 Å². The van der Waals surface area contributed by atoms with Gasteiger partial charge in [-0.3, -0.25) is 9.69 Å². The summed E-state index contributed by atoms with van der Waals surface area (Å²) in [6.07, 6.45) is 2.60. The molecule has 4 saturated heterocycles. The molecule has 0 aromatic heterocycles. The molecule has 134 valence electrons. The lowest BCUT2D eigenvalue weighted by molar-refractivity contribution is -0.187. The Labute approximate surface area is 142 Å². The highest BCUT2D eigenvalue weighted by atomic mass is 16.6. The van der Waals surface area contributed by atoms with Crippen molar-refractivity contribution in [3.63, 3.8) is 0 Å². The highest BCUT2D eigenvalue weighted by Gasteiger charge is 2.56. The first kappa shape index (κ1) is 16.3. The van der Waals surface area contributed by atoms with Gasteiger partial charge in [-0.1, -0.05) is 6.92 Å². The number of hydrogen-bond acceptors (Lipinski definition) is 6. The molecule has 4 aliphatic heterocycles. The predicted molar refractivity (Wildman–Crippen MR) is 85.2 cm³/mol. The molecule has 6 heteroatoms. The van der Waals surface area contributed by atoms with Gasteiger partial charge in [-0.2, -0.15) is 0 Å². The van der Waals surface area contributed by atoms with E-state index in [2.05, 4.69) is 4.90 Å². The highest BCUT2D eigenvalue weighted by molar-refractivity contribution is 5.80. The third-order valence-electron chi connectivity index (χ3n) is 6.55. The van der Waals surface area contributed by atoms with E-state index in [1.807, 2.05) is 13.8 Å². The van der Waals surface area contributed by atoms with Crippen molar-refractivity contribution in [2.45, 2.75) is 69.8 Å². The molecular formula is C18H27NO5. The molecule has 4 rings (SSSR count). The van der Waals surface area contributed by atoms with Gasteiger partial charge in [-0.25, -0.2) is 4.79 Å². The molecule has 0 saturated carbocycles. The van der Waals surface area contributed by atoms with E-state index in [1.54, 1.807) is 6.92 Å². The van der Waals surface area contributed by atoms with Gasteiger partial charge in [0.2, 0.25) is 0 Å². The van der Waals surface area contributed by atoms with Gasteiger partial charge in [0.1, 0.15) is 6.10 Å². The van der Waals surface area contributed by atoms with E-state index in [-0.39, 0.29) is 42.3 Å². The molecule has 0 N–H and O–H groups in total. The highest BCUT2D eigenvalue weighted by Crippen LogP contribution is 2.46. The van der Waals surface area contributed by atoms with Crippen LogP contribution in [0.3, 0.4) is 0 Å². The Kier molecular flexibility index (Phi) is 3.69. The van der Waals surface area contributed by atoms with Crippen molar-refractivity contribution in [3.05, 3.63) is 0 Å². The van der Waals surface area contributed by atoms with Crippen molar-refractivity contribution >= 4 is 11.9 Å². The Morgan fingerprint density at radius 3 is 2.71 bits per heavy atom. The zero-order chi connectivity index (χ0) is 17.1. The molecule has 6 nitrogen and oxygen atoms in total. The van der Waals surface area contributed by atoms with Crippen LogP contribution in [0.2, 0.25) is 0 Å². The van der Waals surface area contributed by atoms with E-state index in [4.69, 9.17) is 14.2 Å². The Bertz CT molecular complexity index is 566. The fraction of sp³-hybridized carbons (Fsp3) is 0.889. The maximum atomic E-state index is 12.7. The average molecular weight is 337 g/mol. The fourth-order valence-electron chi connectivity index (χ4n) is 5.21. The number of cyclic esters (lactones) is 1. The second-order valence-corrected chi connectivity index (χ2v) is 8.43. The molecule has 0 aliphatic carbocycles. The Hall–Kier alpha value is -1.14. The van der Waals surface area contributed by atoms with Crippen LogP contribution >= 0.6 is 0 Å². The lowest BCUT2D eigenvalue weighted by Crippen LogP contribution is -2.46. The van der Waals surface area contributed by atoms with Crippen LogP contribution in [-0.2, 0) is 23.8 Å². The van der Waals surface area contributed by atoms with Crippen LogP contribution in [0, 0.1) is 11.8 Å². The molecule has 4 heterocycles. The Morgan fingerprint density at radius 1 is 1.17 bits per heavy atom. The van der Waals surface area contributed by atoms with Crippen molar-refractivity contribution in [1.29, 1.82) is 0 Å². The monoisotopic (exact) mass is 337 g/mol. The average Bonchev–Trinajstić information content (AvgIpc) is 3.11. The first-order valence-corrected chi connectivity index (χ1v) is 9.12. The van der Waals surface area contributed by atoms with E-state index in [1.165, 1.54) is 0 Å². The fourth-order valence-corrected chi connectivity index (χ4v) is 5.21. The van der Waals surface area contributed by atoms with Crippen LogP contribution < -0.4 is 0 Å². The van der Waals surface area contributed by atoms with Crippen LogP contribution in [-0.4, -0.2) is 59.9 Å². The number of nitrogens with zero attached hydrogens (tertiary/aromatic N) is 1. The first-order valence-electron chi connectivity index (χ1n) is 9.12. The quantitative estimate of drug-likeness (QED) is 0.625. The smallest absolute Gasteiger partial charge is 0.338 e. The summed E-state index contributed by atoms with van der Waals surface area (Å²) in [4.78, 5) is 27.6. The lowest BCUT2D eigenvalue weighted by atomic mass is 9.86. The first-order chi connectivity index (χ1) is 11.3. The van der Waals surface area contributed by atoms with Crippen LogP contribution in [0.25, 0.3) is 0 Å². The molecule has 3 unspecified atom stereocenters. The van der Waals surface area contributed by atoms with Crippen LogP contribution in [0.5, 0.6) is 0 Å². The largest absolute Gasteiger partial charge is 0.463 e. The summed E-state index contributed by atoms with van der Waals surface area (Å²) in [5.41, 5.74) is -1.65. The molecule has 4 fully saturated rings. The topological polar surface area (TPSA) is 65.1 Å². The number of carbonyl (C=O) groups excluding carboxylic acids is 2.